The lowest BCUT2D eigenvalue weighted by Gasteiger charge is -2.13. The molecule has 3 rings (SSSR count). The van der Waals surface area contributed by atoms with Crippen molar-refractivity contribution in [3.05, 3.63) is 58.4 Å². The molecule has 1 heterocycles. The maximum absolute atomic E-state index is 12.8. The molecule has 0 saturated carbocycles. The average molecular weight is 384 g/mol. The molecule has 3 aromatic rings. The molecule has 0 aliphatic carbocycles. The molecule has 0 saturated heterocycles. The highest BCUT2D eigenvalue weighted by Crippen LogP contribution is 2.28. The van der Waals surface area contributed by atoms with Crippen molar-refractivity contribution in [1.29, 1.82) is 0 Å². The second-order valence-corrected chi connectivity index (χ2v) is 6.04. The van der Waals surface area contributed by atoms with E-state index in [-0.39, 0.29) is 11.2 Å². The van der Waals surface area contributed by atoms with Crippen molar-refractivity contribution < 1.29 is 28.2 Å². The fourth-order valence-corrected chi connectivity index (χ4v) is 2.64. The van der Waals surface area contributed by atoms with Gasteiger partial charge >= 0.3 is 5.97 Å². The molecule has 0 aliphatic heterocycles. The highest BCUT2D eigenvalue weighted by Gasteiger charge is 2.17. The van der Waals surface area contributed by atoms with Crippen LogP contribution in [0.15, 0.2) is 51.7 Å². The van der Waals surface area contributed by atoms with E-state index >= 15 is 0 Å². The van der Waals surface area contributed by atoms with Crippen LogP contribution < -0.4 is 19.6 Å². The number of ether oxygens (including phenoxy) is 4. The average Bonchev–Trinajstić information content (AvgIpc) is 2.70. The number of aryl methyl sites for hydroxylation is 1. The smallest absolute Gasteiger partial charge is 0.346 e. The third-order valence-electron chi connectivity index (χ3n) is 4.11. The van der Waals surface area contributed by atoms with Crippen LogP contribution in [0.2, 0.25) is 0 Å². The molecule has 0 fully saturated rings. The van der Waals surface area contributed by atoms with Gasteiger partial charge in [-0.25, -0.2) is 4.79 Å². The summed E-state index contributed by atoms with van der Waals surface area (Å²) in [6.45, 7) is 3.22. The van der Waals surface area contributed by atoms with Crippen LogP contribution in [0.4, 0.5) is 0 Å². The summed E-state index contributed by atoms with van der Waals surface area (Å²) < 4.78 is 26.8. The third-order valence-corrected chi connectivity index (χ3v) is 4.11. The minimum Gasteiger partial charge on any atom is -0.497 e. The molecule has 28 heavy (non-hydrogen) atoms. The molecular weight excluding hydrogens is 364 g/mol. The largest absolute Gasteiger partial charge is 0.497 e. The molecule has 0 spiro atoms. The van der Waals surface area contributed by atoms with Crippen molar-refractivity contribution >= 4 is 16.9 Å². The van der Waals surface area contributed by atoms with Crippen molar-refractivity contribution in [2.75, 3.05) is 14.2 Å². The Hall–Kier alpha value is -3.48. The molecule has 2 aromatic carbocycles. The minimum absolute atomic E-state index is 0.106. The quantitative estimate of drug-likeness (QED) is 0.597. The molecule has 1 unspecified atom stereocenters. The van der Waals surface area contributed by atoms with Crippen LogP contribution >= 0.6 is 0 Å². The molecule has 146 valence electrons. The number of rotatable bonds is 6. The molecule has 1 aromatic heterocycles. The van der Waals surface area contributed by atoms with Gasteiger partial charge in [0.05, 0.1) is 19.6 Å². The van der Waals surface area contributed by atoms with Crippen LogP contribution in [-0.2, 0) is 9.53 Å². The Balaban J connectivity index is 1.92. The van der Waals surface area contributed by atoms with Gasteiger partial charge in [0, 0.05) is 6.07 Å². The minimum atomic E-state index is -0.784. The van der Waals surface area contributed by atoms with Gasteiger partial charge in [0.2, 0.25) is 11.2 Å². The van der Waals surface area contributed by atoms with E-state index in [0.29, 0.717) is 34.0 Å². The number of fused-ring (bicyclic) bond motifs is 1. The van der Waals surface area contributed by atoms with E-state index in [9.17, 15) is 9.59 Å². The van der Waals surface area contributed by atoms with E-state index in [0.717, 1.165) is 0 Å². The molecular formula is C21H20O7. The third kappa shape index (κ3) is 3.93. The van der Waals surface area contributed by atoms with Crippen molar-refractivity contribution in [3.8, 4) is 23.0 Å². The Labute approximate surface area is 161 Å². The SMILES string of the molecule is COC(=O)C(C)Oc1ccc2c(=O)c(Oc3ccc(OC)cc3)c(C)oc2c1. The van der Waals surface area contributed by atoms with Gasteiger partial charge in [0.25, 0.3) is 0 Å². The molecule has 0 radical (unpaired) electrons. The first-order valence-corrected chi connectivity index (χ1v) is 8.56. The zero-order valence-corrected chi connectivity index (χ0v) is 16.0. The predicted octanol–water partition coefficient (Wildman–Crippen LogP) is 3.84. The van der Waals surface area contributed by atoms with Crippen LogP contribution in [0, 0.1) is 6.92 Å². The van der Waals surface area contributed by atoms with Crippen LogP contribution in [-0.4, -0.2) is 26.3 Å². The lowest BCUT2D eigenvalue weighted by molar-refractivity contribution is -0.147. The number of hydrogen-bond donors (Lipinski definition) is 0. The van der Waals surface area contributed by atoms with Crippen LogP contribution in [0.1, 0.15) is 12.7 Å². The molecule has 7 heteroatoms. The Morgan fingerprint density at radius 1 is 1.00 bits per heavy atom. The van der Waals surface area contributed by atoms with E-state index in [1.54, 1.807) is 63.4 Å². The first kappa shape index (κ1) is 19.3. The van der Waals surface area contributed by atoms with E-state index in [1.807, 2.05) is 0 Å². The summed E-state index contributed by atoms with van der Waals surface area (Å²) in [5.74, 6) is 1.49. The molecule has 0 amide bonds. The fourth-order valence-electron chi connectivity index (χ4n) is 2.64. The number of carbonyl (C=O) groups excluding carboxylic acids is 1. The van der Waals surface area contributed by atoms with Crippen molar-refractivity contribution in [2.24, 2.45) is 0 Å². The summed E-state index contributed by atoms with van der Waals surface area (Å²) in [6.07, 6.45) is -0.784. The highest BCUT2D eigenvalue weighted by molar-refractivity contribution is 5.80. The lowest BCUT2D eigenvalue weighted by atomic mass is 10.2. The summed E-state index contributed by atoms with van der Waals surface area (Å²) >= 11 is 0. The van der Waals surface area contributed by atoms with Gasteiger partial charge in [-0.2, -0.15) is 0 Å². The number of carbonyl (C=O) groups is 1. The maximum atomic E-state index is 12.8. The van der Waals surface area contributed by atoms with Crippen molar-refractivity contribution in [2.45, 2.75) is 20.0 Å². The molecule has 1 atom stereocenters. The standard InChI is InChI=1S/C21H20O7/c1-12-20(28-15-7-5-14(24-3)6-8-15)19(22)17-10-9-16(11-18(17)27-12)26-13(2)21(23)25-4/h5-11,13H,1-4H3. The summed E-state index contributed by atoms with van der Waals surface area (Å²) in [6, 6.07) is 11.6. The summed E-state index contributed by atoms with van der Waals surface area (Å²) in [4.78, 5) is 24.3. The van der Waals surface area contributed by atoms with Gasteiger partial charge in [-0.3, -0.25) is 4.79 Å². The van der Waals surface area contributed by atoms with Crippen molar-refractivity contribution in [3.63, 3.8) is 0 Å². The summed E-state index contributed by atoms with van der Waals surface area (Å²) in [7, 11) is 2.86. The van der Waals surface area contributed by atoms with E-state index in [4.69, 9.17) is 18.6 Å². The second kappa shape index (κ2) is 8.04. The van der Waals surface area contributed by atoms with E-state index in [1.165, 1.54) is 7.11 Å². The zero-order chi connectivity index (χ0) is 20.3. The van der Waals surface area contributed by atoms with Gasteiger partial charge in [-0.05, 0) is 50.2 Å². The van der Waals surface area contributed by atoms with Gasteiger partial charge in [-0.15, -0.1) is 0 Å². The zero-order valence-electron chi connectivity index (χ0n) is 16.0. The fraction of sp³-hybridized carbons (Fsp3) is 0.238. The van der Waals surface area contributed by atoms with Crippen molar-refractivity contribution in [1.82, 2.24) is 0 Å². The predicted molar refractivity (Wildman–Crippen MR) is 102 cm³/mol. The Morgan fingerprint density at radius 3 is 2.29 bits per heavy atom. The van der Waals surface area contributed by atoms with Gasteiger partial charge < -0.3 is 23.4 Å². The molecule has 7 nitrogen and oxygen atoms in total. The van der Waals surface area contributed by atoms with Crippen LogP contribution in [0.3, 0.4) is 0 Å². The number of hydrogen-bond acceptors (Lipinski definition) is 7. The van der Waals surface area contributed by atoms with E-state index < -0.39 is 12.1 Å². The maximum Gasteiger partial charge on any atom is 0.346 e. The Bertz CT molecular complexity index is 1050. The van der Waals surface area contributed by atoms with Crippen LogP contribution in [0.25, 0.3) is 11.0 Å². The number of methoxy groups -OCH3 is 2. The lowest BCUT2D eigenvalue weighted by Crippen LogP contribution is -2.24. The van der Waals surface area contributed by atoms with Gasteiger partial charge in [0.1, 0.15) is 28.6 Å². The van der Waals surface area contributed by atoms with E-state index in [2.05, 4.69) is 4.74 Å². The van der Waals surface area contributed by atoms with Gasteiger partial charge in [0.15, 0.2) is 6.10 Å². The normalized spacial score (nSPS) is 11.7. The molecule has 0 N–H and O–H groups in total. The monoisotopic (exact) mass is 384 g/mol. The first-order chi connectivity index (χ1) is 13.4. The summed E-state index contributed by atoms with van der Waals surface area (Å²) in [5, 5.41) is 0.340. The Kier molecular flexibility index (Phi) is 5.54. The number of esters is 1. The molecule has 0 aliphatic rings. The topological polar surface area (TPSA) is 84.2 Å². The number of benzene rings is 2. The highest BCUT2D eigenvalue weighted by atomic mass is 16.6. The first-order valence-electron chi connectivity index (χ1n) is 8.56. The Morgan fingerprint density at radius 2 is 1.64 bits per heavy atom. The second-order valence-electron chi connectivity index (χ2n) is 6.04. The van der Waals surface area contributed by atoms with Gasteiger partial charge in [-0.1, -0.05) is 0 Å². The molecule has 0 bridgehead atoms. The van der Waals surface area contributed by atoms with Crippen LogP contribution in [0.5, 0.6) is 23.0 Å². The summed E-state index contributed by atoms with van der Waals surface area (Å²) in [5.41, 5.74) is 0.0290.